The lowest BCUT2D eigenvalue weighted by Gasteiger charge is -1.93. The highest BCUT2D eigenvalue weighted by atomic mass is 127. The number of nitrogens with zero attached hydrogens (tertiary/aromatic N) is 4. The van der Waals surface area contributed by atoms with Gasteiger partial charge in [-0.3, -0.25) is 4.68 Å². The van der Waals surface area contributed by atoms with Gasteiger partial charge in [0.25, 0.3) is 0 Å². The fourth-order valence-corrected chi connectivity index (χ4v) is 1.99. The van der Waals surface area contributed by atoms with Crippen molar-refractivity contribution in [3.05, 3.63) is 18.2 Å². The van der Waals surface area contributed by atoms with Crippen LogP contribution in [0.15, 0.2) is 12.5 Å². The summed E-state index contributed by atoms with van der Waals surface area (Å²) in [4.78, 5) is 8.37. The van der Waals surface area contributed by atoms with E-state index in [2.05, 4.69) is 44.6 Å². The van der Waals surface area contributed by atoms with Crippen LogP contribution in [0, 0.1) is 0 Å². The van der Waals surface area contributed by atoms with E-state index in [4.69, 9.17) is 0 Å². The largest absolute Gasteiger partial charge is 0.270 e. The quantitative estimate of drug-likeness (QED) is 0.645. The molecule has 2 aromatic heterocycles. The minimum atomic E-state index is 0.806. The van der Waals surface area contributed by atoms with E-state index in [1.807, 2.05) is 10.9 Å². The second-order valence-electron chi connectivity index (χ2n) is 3.08. The summed E-state index contributed by atoms with van der Waals surface area (Å²) >= 11 is 2.30. The molecule has 0 aliphatic carbocycles. The first kappa shape index (κ1) is 9.82. The Morgan fingerprint density at radius 3 is 3.00 bits per heavy atom. The van der Waals surface area contributed by atoms with Gasteiger partial charge in [0.2, 0.25) is 0 Å². The third-order valence-corrected chi connectivity index (χ3v) is 2.75. The predicted molar refractivity (Wildman–Crippen MR) is 63.3 cm³/mol. The molecule has 5 heteroatoms. The topological polar surface area (TPSA) is 43.6 Å². The van der Waals surface area contributed by atoms with E-state index in [9.17, 15) is 0 Å². The molecule has 0 aliphatic heterocycles. The van der Waals surface area contributed by atoms with E-state index in [-0.39, 0.29) is 0 Å². The fraction of sp³-hybridized carbons (Fsp3) is 0.444. The van der Waals surface area contributed by atoms with Gasteiger partial charge in [-0.15, -0.1) is 0 Å². The van der Waals surface area contributed by atoms with Crippen LogP contribution in [-0.4, -0.2) is 19.7 Å². The maximum absolute atomic E-state index is 4.37. The zero-order valence-corrected chi connectivity index (χ0v) is 10.1. The first-order valence-corrected chi connectivity index (χ1v) is 6.10. The standard InChI is InChI=1S/C9H11IN4/c1-2-3-14-5-7-8(4-10)11-6-12-9(7)13-14/h5-6H,2-4H2,1H3. The Morgan fingerprint density at radius 1 is 1.43 bits per heavy atom. The smallest absolute Gasteiger partial charge is 0.184 e. The molecule has 0 amide bonds. The molecule has 14 heavy (non-hydrogen) atoms. The highest BCUT2D eigenvalue weighted by Gasteiger charge is 2.06. The van der Waals surface area contributed by atoms with Crippen molar-refractivity contribution < 1.29 is 0 Å². The van der Waals surface area contributed by atoms with Crippen molar-refractivity contribution >= 4 is 33.6 Å². The molecular weight excluding hydrogens is 291 g/mol. The van der Waals surface area contributed by atoms with E-state index in [1.165, 1.54) is 0 Å². The summed E-state index contributed by atoms with van der Waals surface area (Å²) in [6.07, 6.45) is 4.70. The molecular formula is C9H11IN4. The van der Waals surface area contributed by atoms with Gasteiger partial charge < -0.3 is 0 Å². The van der Waals surface area contributed by atoms with Crippen molar-refractivity contribution in [2.24, 2.45) is 0 Å². The Hall–Kier alpha value is -0.720. The third-order valence-electron chi connectivity index (χ3n) is 2.03. The van der Waals surface area contributed by atoms with Crippen LogP contribution in [-0.2, 0) is 11.0 Å². The van der Waals surface area contributed by atoms with E-state index < -0.39 is 0 Å². The molecule has 0 unspecified atom stereocenters. The molecule has 0 radical (unpaired) electrons. The van der Waals surface area contributed by atoms with Gasteiger partial charge in [0.15, 0.2) is 5.65 Å². The van der Waals surface area contributed by atoms with Crippen LogP contribution in [0.5, 0.6) is 0 Å². The summed E-state index contributed by atoms with van der Waals surface area (Å²) in [5.74, 6) is 0. The second kappa shape index (κ2) is 4.20. The van der Waals surface area contributed by atoms with Crippen LogP contribution >= 0.6 is 22.6 Å². The van der Waals surface area contributed by atoms with Gasteiger partial charge in [0, 0.05) is 17.2 Å². The Labute approximate surface area is 95.9 Å². The van der Waals surface area contributed by atoms with Crippen molar-refractivity contribution in [3.63, 3.8) is 0 Å². The predicted octanol–water partition coefficient (Wildman–Crippen LogP) is 2.17. The number of halogens is 1. The highest BCUT2D eigenvalue weighted by Crippen LogP contribution is 2.15. The van der Waals surface area contributed by atoms with Crippen LogP contribution < -0.4 is 0 Å². The van der Waals surface area contributed by atoms with E-state index in [0.717, 1.165) is 34.1 Å². The number of aryl methyl sites for hydroxylation is 1. The molecule has 0 fully saturated rings. The third kappa shape index (κ3) is 1.73. The summed E-state index contributed by atoms with van der Waals surface area (Å²) in [5, 5.41) is 5.45. The van der Waals surface area contributed by atoms with Gasteiger partial charge in [-0.2, -0.15) is 5.10 Å². The molecule has 2 heterocycles. The van der Waals surface area contributed by atoms with Gasteiger partial charge in [0.05, 0.1) is 11.1 Å². The van der Waals surface area contributed by atoms with E-state index in [1.54, 1.807) is 6.33 Å². The molecule has 0 N–H and O–H groups in total. The maximum atomic E-state index is 4.37. The number of alkyl halides is 1. The lowest BCUT2D eigenvalue weighted by Crippen LogP contribution is -1.95. The summed E-state index contributed by atoms with van der Waals surface area (Å²) in [6, 6.07) is 0. The van der Waals surface area contributed by atoms with Crippen molar-refractivity contribution in [2.45, 2.75) is 24.3 Å². The molecule has 0 spiro atoms. The zero-order chi connectivity index (χ0) is 9.97. The zero-order valence-electron chi connectivity index (χ0n) is 7.94. The van der Waals surface area contributed by atoms with Gasteiger partial charge in [0.1, 0.15) is 6.33 Å². The Morgan fingerprint density at radius 2 is 2.29 bits per heavy atom. The van der Waals surface area contributed by atoms with Crippen LogP contribution in [0.1, 0.15) is 19.0 Å². The Bertz CT molecular complexity index is 437. The van der Waals surface area contributed by atoms with Gasteiger partial charge in [-0.25, -0.2) is 9.97 Å². The molecule has 2 aromatic rings. The summed E-state index contributed by atoms with van der Waals surface area (Å²) in [6.45, 7) is 3.08. The van der Waals surface area contributed by atoms with Crippen LogP contribution in [0.3, 0.4) is 0 Å². The molecule has 0 atom stereocenters. The summed E-state index contributed by atoms with van der Waals surface area (Å²) in [5.41, 5.74) is 1.87. The van der Waals surface area contributed by atoms with E-state index >= 15 is 0 Å². The Kier molecular flexibility index (Phi) is 2.95. The van der Waals surface area contributed by atoms with Crippen LogP contribution in [0.2, 0.25) is 0 Å². The maximum Gasteiger partial charge on any atom is 0.184 e. The summed E-state index contributed by atoms with van der Waals surface area (Å²) < 4.78 is 2.84. The first-order valence-electron chi connectivity index (χ1n) is 4.58. The average molecular weight is 302 g/mol. The van der Waals surface area contributed by atoms with Gasteiger partial charge >= 0.3 is 0 Å². The molecule has 0 aliphatic rings. The molecule has 0 saturated heterocycles. The lowest BCUT2D eigenvalue weighted by atomic mass is 10.3. The van der Waals surface area contributed by atoms with E-state index in [0.29, 0.717) is 0 Å². The van der Waals surface area contributed by atoms with Gasteiger partial charge in [-0.1, -0.05) is 29.5 Å². The minimum Gasteiger partial charge on any atom is -0.270 e. The molecule has 0 saturated carbocycles. The molecule has 0 bridgehead atoms. The number of rotatable bonds is 3. The van der Waals surface area contributed by atoms with Crippen molar-refractivity contribution in [1.82, 2.24) is 19.7 Å². The van der Waals surface area contributed by atoms with Crippen LogP contribution in [0.4, 0.5) is 0 Å². The average Bonchev–Trinajstić information content (AvgIpc) is 2.60. The lowest BCUT2D eigenvalue weighted by molar-refractivity contribution is 0.607. The molecule has 0 aromatic carbocycles. The number of fused-ring (bicyclic) bond motifs is 1. The first-order chi connectivity index (χ1) is 6.85. The number of aromatic nitrogens is 4. The monoisotopic (exact) mass is 302 g/mol. The normalized spacial score (nSPS) is 11.0. The van der Waals surface area contributed by atoms with Crippen LogP contribution in [0.25, 0.3) is 11.0 Å². The van der Waals surface area contributed by atoms with Crippen molar-refractivity contribution in [1.29, 1.82) is 0 Å². The number of hydrogen-bond acceptors (Lipinski definition) is 3. The van der Waals surface area contributed by atoms with Gasteiger partial charge in [-0.05, 0) is 6.42 Å². The molecule has 2 rings (SSSR count). The second-order valence-corrected chi connectivity index (χ2v) is 3.85. The van der Waals surface area contributed by atoms with Crippen molar-refractivity contribution in [3.8, 4) is 0 Å². The number of hydrogen-bond donors (Lipinski definition) is 0. The SMILES string of the molecule is CCCn1cc2c(CI)ncnc2n1. The summed E-state index contributed by atoms with van der Waals surface area (Å²) in [7, 11) is 0. The van der Waals surface area contributed by atoms with Crippen molar-refractivity contribution in [2.75, 3.05) is 0 Å². The molecule has 74 valence electrons. The Balaban J connectivity index is 2.52. The fourth-order valence-electron chi connectivity index (χ4n) is 1.38. The molecule has 4 nitrogen and oxygen atoms in total. The minimum absolute atomic E-state index is 0.806. The highest BCUT2D eigenvalue weighted by molar-refractivity contribution is 14.1.